The maximum Gasteiger partial charge on any atom is 0.294 e. The number of aryl methyl sites for hydroxylation is 2. The molecule has 0 radical (unpaired) electrons. The molecular weight excluding hydrogens is 380 g/mol. The molecule has 3 aromatic heterocycles. The third kappa shape index (κ3) is 3.35. The van der Waals surface area contributed by atoms with Gasteiger partial charge in [0.05, 0.1) is 17.2 Å². The topological polar surface area (TPSA) is 102 Å². The third-order valence-electron chi connectivity index (χ3n) is 4.77. The van der Waals surface area contributed by atoms with Crippen molar-refractivity contribution >= 4 is 22.6 Å². The van der Waals surface area contributed by atoms with E-state index in [0.717, 1.165) is 33.5 Å². The van der Waals surface area contributed by atoms with E-state index in [9.17, 15) is 4.79 Å². The first-order valence-corrected chi connectivity index (χ1v) is 9.39. The molecule has 8 nitrogen and oxygen atoms in total. The van der Waals surface area contributed by atoms with Crippen molar-refractivity contribution in [3.63, 3.8) is 0 Å². The number of anilines is 1. The molecule has 2 aromatic carbocycles. The Labute approximate surface area is 171 Å². The Kier molecular flexibility index (Phi) is 4.17. The first-order valence-electron chi connectivity index (χ1n) is 9.39. The summed E-state index contributed by atoms with van der Waals surface area (Å²) >= 11 is 0. The van der Waals surface area contributed by atoms with Gasteiger partial charge in [-0.05, 0) is 36.8 Å². The summed E-state index contributed by atoms with van der Waals surface area (Å²) in [6.45, 7) is 2.04. The van der Waals surface area contributed by atoms with E-state index in [1.807, 2.05) is 50.4 Å². The van der Waals surface area contributed by atoms with E-state index in [2.05, 4.69) is 31.6 Å². The van der Waals surface area contributed by atoms with Gasteiger partial charge in [0.25, 0.3) is 5.91 Å². The largest absolute Gasteiger partial charge is 0.350 e. The van der Waals surface area contributed by atoms with Gasteiger partial charge in [-0.3, -0.25) is 9.48 Å². The molecule has 0 aliphatic rings. The Hall–Kier alpha value is -4.20. The average Bonchev–Trinajstić information content (AvgIpc) is 3.46. The molecule has 0 aliphatic carbocycles. The number of aromatic nitrogens is 5. The number of hydrogen-bond donors (Lipinski definition) is 2. The van der Waals surface area contributed by atoms with Gasteiger partial charge in [-0.1, -0.05) is 23.4 Å². The van der Waals surface area contributed by atoms with Crippen LogP contribution in [0.25, 0.3) is 33.7 Å². The molecule has 0 aliphatic heterocycles. The highest BCUT2D eigenvalue weighted by Gasteiger charge is 2.16. The van der Waals surface area contributed by atoms with Crippen LogP contribution in [0.5, 0.6) is 0 Å². The van der Waals surface area contributed by atoms with Crippen LogP contribution in [-0.2, 0) is 7.05 Å². The second-order valence-corrected chi connectivity index (χ2v) is 7.12. The van der Waals surface area contributed by atoms with Crippen molar-refractivity contribution in [3.05, 3.63) is 72.2 Å². The smallest absolute Gasteiger partial charge is 0.294 e. The van der Waals surface area contributed by atoms with Crippen LogP contribution in [0.3, 0.4) is 0 Å². The van der Waals surface area contributed by atoms with E-state index in [0.29, 0.717) is 11.4 Å². The Bertz CT molecular complexity index is 1380. The number of carbonyl (C=O) groups is 1. The summed E-state index contributed by atoms with van der Waals surface area (Å²) in [5.41, 5.74) is 5.88. The predicted molar refractivity (Wildman–Crippen MR) is 113 cm³/mol. The number of hydrogen-bond acceptors (Lipinski definition) is 5. The minimum Gasteiger partial charge on any atom is -0.350 e. The highest BCUT2D eigenvalue weighted by molar-refractivity contribution is 6.03. The van der Waals surface area contributed by atoms with Crippen LogP contribution in [0.4, 0.5) is 5.69 Å². The van der Waals surface area contributed by atoms with Gasteiger partial charge in [-0.15, -0.1) is 0 Å². The number of nitrogens with one attached hydrogen (secondary N) is 2. The molecule has 2 N–H and O–H groups in total. The van der Waals surface area contributed by atoms with Crippen LogP contribution in [0.1, 0.15) is 16.1 Å². The van der Waals surface area contributed by atoms with Crippen LogP contribution in [0, 0.1) is 6.92 Å². The summed E-state index contributed by atoms with van der Waals surface area (Å²) in [6.07, 6.45) is 3.47. The fraction of sp³-hybridized carbons (Fsp3) is 0.0909. The Balaban J connectivity index is 1.37. The fourth-order valence-electron chi connectivity index (χ4n) is 3.27. The van der Waals surface area contributed by atoms with E-state index < -0.39 is 0 Å². The van der Waals surface area contributed by atoms with Crippen molar-refractivity contribution in [1.82, 2.24) is 24.9 Å². The lowest BCUT2D eigenvalue weighted by molar-refractivity contribution is 0.0988. The summed E-state index contributed by atoms with van der Waals surface area (Å²) in [4.78, 5) is 20.6. The van der Waals surface area contributed by atoms with E-state index in [1.165, 1.54) is 0 Å². The Morgan fingerprint density at radius 2 is 2.03 bits per heavy atom. The molecule has 0 unspecified atom stereocenters. The van der Waals surface area contributed by atoms with Crippen molar-refractivity contribution in [2.75, 3.05) is 5.32 Å². The molecule has 0 bridgehead atoms. The van der Waals surface area contributed by atoms with Crippen molar-refractivity contribution in [2.45, 2.75) is 6.92 Å². The lowest BCUT2D eigenvalue weighted by Gasteiger charge is -2.04. The number of imidazole rings is 1. The normalized spacial score (nSPS) is 11.1. The molecule has 148 valence electrons. The van der Waals surface area contributed by atoms with Crippen LogP contribution >= 0.6 is 0 Å². The number of fused-ring (bicyclic) bond motifs is 1. The SMILES string of the molecule is Cc1ccc2nc(-c3cccc(NC(=O)c4cc(-c5cnn(C)c5)no4)c3)[nH]c2c1. The molecule has 8 heteroatoms. The van der Waals surface area contributed by atoms with Gasteiger partial charge in [-0.2, -0.15) is 5.10 Å². The molecule has 5 aromatic rings. The quantitative estimate of drug-likeness (QED) is 0.473. The van der Waals surface area contributed by atoms with Gasteiger partial charge in [0.2, 0.25) is 5.76 Å². The molecule has 0 saturated heterocycles. The molecule has 5 rings (SSSR count). The minimum absolute atomic E-state index is 0.124. The fourth-order valence-corrected chi connectivity index (χ4v) is 3.27. The zero-order chi connectivity index (χ0) is 20.7. The molecule has 0 fully saturated rings. The minimum atomic E-state index is -0.380. The number of rotatable bonds is 4. The molecule has 0 saturated carbocycles. The number of H-pyrrole nitrogens is 1. The van der Waals surface area contributed by atoms with Gasteiger partial charge in [0, 0.05) is 36.1 Å². The van der Waals surface area contributed by atoms with Gasteiger partial charge >= 0.3 is 0 Å². The predicted octanol–water partition coefficient (Wildman–Crippen LogP) is 4.18. The van der Waals surface area contributed by atoms with Crippen molar-refractivity contribution in [1.29, 1.82) is 0 Å². The first-order chi connectivity index (χ1) is 14.5. The van der Waals surface area contributed by atoms with Crippen LogP contribution in [-0.4, -0.2) is 30.8 Å². The maximum atomic E-state index is 12.6. The van der Waals surface area contributed by atoms with Gasteiger partial charge in [0.1, 0.15) is 11.5 Å². The summed E-state index contributed by atoms with van der Waals surface area (Å²) in [6, 6.07) is 15.1. The van der Waals surface area contributed by atoms with Crippen molar-refractivity contribution in [2.24, 2.45) is 7.05 Å². The third-order valence-corrected chi connectivity index (χ3v) is 4.77. The first kappa shape index (κ1) is 17.9. The number of benzene rings is 2. The number of nitrogens with zero attached hydrogens (tertiary/aromatic N) is 4. The highest BCUT2D eigenvalue weighted by atomic mass is 16.5. The highest BCUT2D eigenvalue weighted by Crippen LogP contribution is 2.24. The second-order valence-electron chi connectivity index (χ2n) is 7.12. The van der Waals surface area contributed by atoms with Gasteiger partial charge in [-0.25, -0.2) is 4.98 Å². The van der Waals surface area contributed by atoms with E-state index >= 15 is 0 Å². The van der Waals surface area contributed by atoms with Crippen LogP contribution in [0.2, 0.25) is 0 Å². The zero-order valence-electron chi connectivity index (χ0n) is 16.4. The van der Waals surface area contributed by atoms with E-state index in [-0.39, 0.29) is 11.7 Å². The summed E-state index contributed by atoms with van der Waals surface area (Å²) in [7, 11) is 1.81. The maximum absolute atomic E-state index is 12.6. The molecule has 3 heterocycles. The Morgan fingerprint density at radius 1 is 1.13 bits per heavy atom. The number of carbonyl (C=O) groups excluding carboxylic acids is 1. The summed E-state index contributed by atoms with van der Waals surface area (Å²) in [5.74, 6) is 0.485. The van der Waals surface area contributed by atoms with Gasteiger partial charge in [0.15, 0.2) is 0 Å². The van der Waals surface area contributed by atoms with Crippen LogP contribution in [0.15, 0.2) is 65.4 Å². The standard InChI is InChI=1S/C22H18N6O2/c1-13-6-7-17-19(8-13)26-21(25-17)14-4-3-5-16(9-14)24-22(29)20-10-18(27-30-20)15-11-23-28(2)12-15/h3-12H,1-2H3,(H,24,29)(H,25,26). The summed E-state index contributed by atoms with van der Waals surface area (Å²) < 4.78 is 6.87. The number of aromatic amines is 1. The van der Waals surface area contributed by atoms with Gasteiger partial charge < -0.3 is 14.8 Å². The molecule has 30 heavy (non-hydrogen) atoms. The van der Waals surface area contributed by atoms with Crippen LogP contribution < -0.4 is 5.32 Å². The lowest BCUT2D eigenvalue weighted by atomic mass is 10.2. The molecule has 1 amide bonds. The van der Waals surface area contributed by atoms with E-state index in [1.54, 1.807) is 23.1 Å². The lowest BCUT2D eigenvalue weighted by Crippen LogP contribution is -2.10. The molecule has 0 atom stereocenters. The number of amides is 1. The Morgan fingerprint density at radius 3 is 2.87 bits per heavy atom. The second kappa shape index (κ2) is 7.00. The summed E-state index contributed by atoms with van der Waals surface area (Å²) in [5, 5.41) is 10.9. The zero-order valence-corrected chi connectivity index (χ0v) is 16.4. The molecular formula is C22H18N6O2. The van der Waals surface area contributed by atoms with Crippen molar-refractivity contribution < 1.29 is 9.32 Å². The molecule has 0 spiro atoms. The average molecular weight is 398 g/mol. The van der Waals surface area contributed by atoms with E-state index in [4.69, 9.17) is 4.52 Å². The van der Waals surface area contributed by atoms with Crippen molar-refractivity contribution in [3.8, 4) is 22.6 Å². The monoisotopic (exact) mass is 398 g/mol.